The van der Waals surface area contributed by atoms with Crippen LogP contribution in [0.4, 0.5) is 0 Å². The van der Waals surface area contributed by atoms with Crippen molar-refractivity contribution in [3.05, 3.63) is 77.6 Å². The summed E-state index contributed by atoms with van der Waals surface area (Å²) in [5.41, 5.74) is 3.68. The fourth-order valence-corrected chi connectivity index (χ4v) is 4.07. The Morgan fingerprint density at radius 3 is 2.71 bits per heavy atom. The first-order valence-corrected chi connectivity index (χ1v) is 11.7. The van der Waals surface area contributed by atoms with Gasteiger partial charge in [0.2, 0.25) is 5.89 Å². The van der Waals surface area contributed by atoms with Crippen molar-refractivity contribution in [3.8, 4) is 11.5 Å². The highest BCUT2D eigenvalue weighted by atomic mass is 16.5. The lowest BCUT2D eigenvalue weighted by atomic mass is 10.1. The first-order valence-electron chi connectivity index (χ1n) is 11.7. The zero-order valence-corrected chi connectivity index (χ0v) is 20.6. The van der Waals surface area contributed by atoms with E-state index in [-0.39, 0.29) is 17.6 Å². The van der Waals surface area contributed by atoms with Gasteiger partial charge >= 0.3 is 0 Å². The first kappa shape index (κ1) is 24.3. The molecule has 2 aromatic carbocycles. The number of benzene rings is 2. The molecule has 0 fully saturated rings. The SMILES string of the molecule is COc1ccc(CN(CCc2c[nH]c3ccccc23)Cc2nc(C(=O)NC(C)C)co2)c(OC)c1. The van der Waals surface area contributed by atoms with Gasteiger partial charge in [0.1, 0.15) is 17.8 Å². The number of H-pyrrole nitrogens is 1. The lowest BCUT2D eigenvalue weighted by Gasteiger charge is -2.22. The third-order valence-corrected chi connectivity index (χ3v) is 5.82. The van der Waals surface area contributed by atoms with E-state index in [4.69, 9.17) is 13.9 Å². The molecule has 184 valence electrons. The summed E-state index contributed by atoms with van der Waals surface area (Å²) in [6.07, 6.45) is 4.32. The fraction of sp³-hybridized carbons (Fsp3) is 0.333. The lowest BCUT2D eigenvalue weighted by Crippen LogP contribution is -2.30. The average Bonchev–Trinajstić information content (AvgIpc) is 3.49. The molecule has 0 aliphatic heterocycles. The second-order valence-electron chi connectivity index (χ2n) is 8.75. The summed E-state index contributed by atoms with van der Waals surface area (Å²) in [6.45, 7) is 5.64. The van der Waals surface area contributed by atoms with Crippen LogP contribution in [0.1, 0.15) is 41.4 Å². The van der Waals surface area contributed by atoms with Gasteiger partial charge < -0.3 is 24.2 Å². The number of fused-ring (bicyclic) bond motifs is 1. The Morgan fingerprint density at radius 2 is 1.94 bits per heavy atom. The molecule has 0 unspecified atom stereocenters. The summed E-state index contributed by atoms with van der Waals surface area (Å²) < 4.78 is 16.6. The van der Waals surface area contributed by atoms with Gasteiger partial charge in [0.05, 0.1) is 20.8 Å². The molecular weight excluding hydrogens is 444 g/mol. The van der Waals surface area contributed by atoms with Crippen LogP contribution < -0.4 is 14.8 Å². The zero-order chi connectivity index (χ0) is 24.8. The molecule has 4 rings (SSSR count). The van der Waals surface area contributed by atoms with Gasteiger partial charge in [-0.15, -0.1) is 0 Å². The van der Waals surface area contributed by atoms with Gasteiger partial charge in [0.15, 0.2) is 5.69 Å². The summed E-state index contributed by atoms with van der Waals surface area (Å²) in [6, 6.07) is 14.1. The molecule has 35 heavy (non-hydrogen) atoms. The van der Waals surface area contributed by atoms with Crippen LogP contribution in [0.25, 0.3) is 10.9 Å². The Labute approximate surface area is 205 Å². The number of rotatable bonds is 11. The van der Waals surface area contributed by atoms with Crippen LogP contribution in [0.3, 0.4) is 0 Å². The number of nitrogens with zero attached hydrogens (tertiary/aromatic N) is 2. The Hall–Kier alpha value is -3.78. The van der Waals surface area contributed by atoms with E-state index in [1.807, 2.05) is 38.1 Å². The number of hydrogen-bond acceptors (Lipinski definition) is 6. The predicted molar refractivity (Wildman–Crippen MR) is 135 cm³/mol. The van der Waals surface area contributed by atoms with Gasteiger partial charge in [-0.1, -0.05) is 24.3 Å². The Morgan fingerprint density at radius 1 is 1.11 bits per heavy atom. The van der Waals surface area contributed by atoms with Crippen molar-refractivity contribution in [1.29, 1.82) is 0 Å². The maximum atomic E-state index is 12.3. The van der Waals surface area contributed by atoms with Crippen molar-refractivity contribution in [2.75, 3.05) is 20.8 Å². The third-order valence-electron chi connectivity index (χ3n) is 5.82. The number of nitrogens with one attached hydrogen (secondary N) is 2. The minimum Gasteiger partial charge on any atom is -0.497 e. The molecule has 0 atom stereocenters. The maximum Gasteiger partial charge on any atom is 0.273 e. The van der Waals surface area contributed by atoms with Crippen molar-refractivity contribution in [3.63, 3.8) is 0 Å². The molecule has 4 aromatic rings. The van der Waals surface area contributed by atoms with E-state index in [1.54, 1.807) is 14.2 Å². The lowest BCUT2D eigenvalue weighted by molar-refractivity contribution is 0.0938. The van der Waals surface area contributed by atoms with E-state index in [1.165, 1.54) is 17.2 Å². The molecule has 0 saturated heterocycles. The van der Waals surface area contributed by atoms with E-state index in [0.717, 1.165) is 35.5 Å². The smallest absolute Gasteiger partial charge is 0.273 e. The number of ether oxygens (including phenoxy) is 2. The summed E-state index contributed by atoms with van der Waals surface area (Å²) in [4.78, 5) is 22.3. The molecule has 0 aliphatic carbocycles. The summed E-state index contributed by atoms with van der Waals surface area (Å²) in [7, 11) is 3.29. The molecular formula is C27H32N4O4. The monoisotopic (exact) mass is 476 g/mol. The van der Waals surface area contributed by atoms with Gasteiger partial charge in [0, 0.05) is 47.9 Å². The maximum absolute atomic E-state index is 12.3. The Bertz CT molecular complexity index is 1280. The highest BCUT2D eigenvalue weighted by Gasteiger charge is 2.18. The van der Waals surface area contributed by atoms with E-state index < -0.39 is 0 Å². The van der Waals surface area contributed by atoms with Crippen molar-refractivity contribution in [2.24, 2.45) is 0 Å². The van der Waals surface area contributed by atoms with Crippen LogP contribution in [0.2, 0.25) is 0 Å². The van der Waals surface area contributed by atoms with Crippen LogP contribution in [-0.4, -0.2) is 47.6 Å². The fourth-order valence-electron chi connectivity index (χ4n) is 4.07. The number of carbonyl (C=O) groups is 1. The summed E-state index contributed by atoms with van der Waals surface area (Å²) in [5.74, 6) is 1.75. The first-order chi connectivity index (χ1) is 17.0. The number of hydrogen-bond donors (Lipinski definition) is 2. The summed E-state index contributed by atoms with van der Waals surface area (Å²) in [5, 5.41) is 4.07. The quantitative estimate of drug-likeness (QED) is 0.330. The molecule has 0 aliphatic rings. The average molecular weight is 477 g/mol. The number of para-hydroxylation sites is 1. The normalized spacial score (nSPS) is 11.4. The van der Waals surface area contributed by atoms with Crippen LogP contribution in [0, 0.1) is 0 Å². The predicted octanol–water partition coefficient (Wildman–Crippen LogP) is 4.56. The van der Waals surface area contributed by atoms with Gasteiger partial charge in [-0.3, -0.25) is 9.69 Å². The van der Waals surface area contributed by atoms with Crippen molar-refractivity contribution < 1.29 is 18.7 Å². The summed E-state index contributed by atoms with van der Waals surface area (Å²) >= 11 is 0. The van der Waals surface area contributed by atoms with Crippen LogP contribution in [0.15, 0.2) is 59.3 Å². The highest BCUT2D eigenvalue weighted by molar-refractivity contribution is 5.92. The minimum absolute atomic E-state index is 0.0258. The Kier molecular flexibility index (Phi) is 7.72. The molecule has 0 radical (unpaired) electrons. The van der Waals surface area contributed by atoms with Gasteiger partial charge in [-0.25, -0.2) is 4.98 Å². The van der Waals surface area contributed by atoms with E-state index in [9.17, 15) is 4.79 Å². The number of aromatic amines is 1. The number of methoxy groups -OCH3 is 2. The second kappa shape index (κ2) is 11.1. The highest BCUT2D eigenvalue weighted by Crippen LogP contribution is 2.27. The molecule has 0 bridgehead atoms. The van der Waals surface area contributed by atoms with Crippen LogP contribution >= 0.6 is 0 Å². The molecule has 0 spiro atoms. The van der Waals surface area contributed by atoms with Crippen LogP contribution in [-0.2, 0) is 19.5 Å². The molecule has 2 aromatic heterocycles. The van der Waals surface area contributed by atoms with E-state index in [2.05, 4.69) is 44.6 Å². The van der Waals surface area contributed by atoms with Gasteiger partial charge in [0.25, 0.3) is 5.91 Å². The second-order valence-corrected chi connectivity index (χ2v) is 8.75. The van der Waals surface area contributed by atoms with Crippen LogP contribution in [0.5, 0.6) is 11.5 Å². The largest absolute Gasteiger partial charge is 0.497 e. The molecule has 2 heterocycles. The topological polar surface area (TPSA) is 92.6 Å². The van der Waals surface area contributed by atoms with E-state index in [0.29, 0.717) is 19.0 Å². The van der Waals surface area contributed by atoms with Crippen molar-refractivity contribution in [1.82, 2.24) is 20.2 Å². The molecule has 8 nitrogen and oxygen atoms in total. The van der Waals surface area contributed by atoms with Crippen molar-refractivity contribution >= 4 is 16.8 Å². The Balaban J connectivity index is 1.54. The van der Waals surface area contributed by atoms with Gasteiger partial charge in [-0.05, 0) is 38.0 Å². The molecule has 1 amide bonds. The zero-order valence-electron chi connectivity index (χ0n) is 20.6. The molecule has 2 N–H and O–H groups in total. The number of amides is 1. The number of carbonyl (C=O) groups excluding carboxylic acids is 1. The number of oxazole rings is 1. The number of aromatic nitrogens is 2. The van der Waals surface area contributed by atoms with E-state index >= 15 is 0 Å². The molecule has 8 heteroatoms. The third kappa shape index (κ3) is 6.02. The molecule has 0 saturated carbocycles. The van der Waals surface area contributed by atoms with Crippen molar-refractivity contribution in [2.45, 2.75) is 39.4 Å². The standard InChI is InChI=1S/C27H32N4O4/c1-18(2)29-27(32)24-17-35-26(30-24)16-31(15-20-9-10-21(33-3)13-25(20)34-4)12-11-19-14-28-23-8-6-5-7-22(19)23/h5-10,13-14,17-18,28H,11-12,15-16H2,1-4H3,(H,29,32). The minimum atomic E-state index is -0.239. The van der Waals surface area contributed by atoms with Gasteiger partial charge in [-0.2, -0.15) is 0 Å².